The lowest BCUT2D eigenvalue weighted by Crippen LogP contribution is -2.54. The number of carbonyl (C=O) groups is 1. The number of methoxy groups -OCH3 is 1. The quantitative estimate of drug-likeness (QED) is 0.735. The summed E-state index contributed by atoms with van der Waals surface area (Å²) in [6.45, 7) is 2.06. The van der Waals surface area contributed by atoms with Crippen LogP contribution in [-0.2, 0) is 9.53 Å². The van der Waals surface area contributed by atoms with Gasteiger partial charge in [0.05, 0.1) is 12.5 Å². The molecule has 0 radical (unpaired) electrons. The predicted molar refractivity (Wildman–Crippen MR) is 69.9 cm³/mol. The van der Waals surface area contributed by atoms with Crippen LogP contribution in [-0.4, -0.2) is 53.7 Å². The van der Waals surface area contributed by atoms with Crippen molar-refractivity contribution in [1.29, 1.82) is 0 Å². The van der Waals surface area contributed by atoms with Crippen molar-refractivity contribution in [2.45, 2.75) is 6.04 Å². The van der Waals surface area contributed by atoms with Crippen LogP contribution in [0.1, 0.15) is 0 Å². The Balaban J connectivity index is 1.89. The molecule has 3 heterocycles. The van der Waals surface area contributed by atoms with Gasteiger partial charge < -0.3 is 19.9 Å². The maximum Gasteiger partial charge on any atom is 0.324 e. The summed E-state index contributed by atoms with van der Waals surface area (Å²) in [5.41, 5.74) is 0.804. The topological polar surface area (TPSA) is 83.1 Å². The molecule has 0 bridgehead atoms. The third-order valence-corrected chi connectivity index (χ3v) is 3.29. The zero-order chi connectivity index (χ0) is 13.2. The molecule has 2 aromatic heterocycles. The number of hydrogen-bond acceptors (Lipinski definition) is 6. The third kappa shape index (κ3) is 2.12. The van der Waals surface area contributed by atoms with Crippen LogP contribution >= 0.6 is 0 Å². The molecule has 0 saturated carbocycles. The highest BCUT2D eigenvalue weighted by Gasteiger charge is 2.27. The molecule has 0 spiro atoms. The summed E-state index contributed by atoms with van der Waals surface area (Å²) in [4.78, 5) is 25.2. The second-order valence-corrected chi connectivity index (χ2v) is 4.41. The van der Waals surface area contributed by atoms with Gasteiger partial charge in [-0.2, -0.15) is 0 Å². The number of H-pyrrole nitrogens is 1. The Kier molecular flexibility index (Phi) is 3.04. The van der Waals surface area contributed by atoms with Gasteiger partial charge in [0, 0.05) is 25.8 Å². The Hall–Kier alpha value is -2.15. The van der Waals surface area contributed by atoms with E-state index in [-0.39, 0.29) is 12.0 Å². The van der Waals surface area contributed by atoms with E-state index in [1.54, 1.807) is 0 Å². The van der Waals surface area contributed by atoms with Crippen LogP contribution in [0.4, 0.5) is 5.82 Å². The number of aromatic nitrogens is 3. The zero-order valence-electron chi connectivity index (χ0n) is 10.6. The summed E-state index contributed by atoms with van der Waals surface area (Å²) in [6.07, 6.45) is 3.37. The predicted octanol–water partition coefficient (Wildman–Crippen LogP) is -0.0909. The number of ether oxygens (including phenoxy) is 1. The number of hydrogen-bond donors (Lipinski definition) is 2. The molecule has 1 atom stereocenters. The van der Waals surface area contributed by atoms with Crippen LogP contribution in [0.5, 0.6) is 0 Å². The highest BCUT2D eigenvalue weighted by atomic mass is 16.5. The number of piperazine rings is 1. The molecule has 0 amide bonds. The lowest BCUT2D eigenvalue weighted by atomic mass is 10.2. The van der Waals surface area contributed by atoms with Crippen LogP contribution in [0.25, 0.3) is 11.0 Å². The molecule has 1 aliphatic heterocycles. The number of anilines is 1. The Morgan fingerprint density at radius 3 is 3.26 bits per heavy atom. The average Bonchev–Trinajstić information content (AvgIpc) is 2.94. The molecular formula is C12H15N5O2. The summed E-state index contributed by atoms with van der Waals surface area (Å²) in [5.74, 6) is 0.603. The van der Waals surface area contributed by atoms with E-state index in [1.165, 1.54) is 13.4 Å². The molecule has 0 unspecified atom stereocenters. The molecule has 2 aromatic rings. The highest BCUT2D eigenvalue weighted by Crippen LogP contribution is 2.22. The minimum absolute atomic E-state index is 0.246. The summed E-state index contributed by atoms with van der Waals surface area (Å²) in [5, 5.41) is 4.11. The van der Waals surface area contributed by atoms with Gasteiger partial charge in [-0.1, -0.05) is 0 Å². The van der Waals surface area contributed by atoms with Crippen molar-refractivity contribution >= 4 is 22.8 Å². The first-order chi connectivity index (χ1) is 9.29. The van der Waals surface area contributed by atoms with Crippen molar-refractivity contribution in [3.8, 4) is 0 Å². The third-order valence-electron chi connectivity index (χ3n) is 3.29. The first-order valence-corrected chi connectivity index (χ1v) is 6.14. The molecular weight excluding hydrogens is 246 g/mol. The molecule has 1 aliphatic rings. The second-order valence-electron chi connectivity index (χ2n) is 4.41. The Morgan fingerprint density at radius 1 is 1.53 bits per heavy atom. The van der Waals surface area contributed by atoms with E-state index in [9.17, 15) is 4.79 Å². The van der Waals surface area contributed by atoms with E-state index in [0.717, 1.165) is 29.9 Å². The number of nitrogens with one attached hydrogen (secondary N) is 2. The molecule has 7 nitrogen and oxygen atoms in total. The second kappa shape index (κ2) is 4.85. The molecule has 0 aromatic carbocycles. The van der Waals surface area contributed by atoms with Crippen molar-refractivity contribution in [2.75, 3.05) is 31.6 Å². The van der Waals surface area contributed by atoms with Crippen molar-refractivity contribution < 1.29 is 9.53 Å². The maximum atomic E-state index is 11.6. The van der Waals surface area contributed by atoms with Crippen molar-refractivity contribution in [3.63, 3.8) is 0 Å². The maximum absolute atomic E-state index is 11.6. The van der Waals surface area contributed by atoms with Crippen molar-refractivity contribution in [3.05, 3.63) is 18.6 Å². The van der Waals surface area contributed by atoms with Gasteiger partial charge in [-0.3, -0.25) is 4.79 Å². The largest absolute Gasteiger partial charge is 0.468 e. The zero-order valence-corrected chi connectivity index (χ0v) is 10.6. The van der Waals surface area contributed by atoms with E-state index in [1.807, 2.05) is 12.3 Å². The number of rotatable bonds is 2. The number of carbonyl (C=O) groups excluding carboxylic acids is 1. The number of nitrogens with zero attached hydrogens (tertiary/aromatic N) is 3. The SMILES string of the molecule is COC(=O)[C@@H]1CN(c2ncnc3[nH]ccc23)CCN1. The van der Waals surface area contributed by atoms with Crippen molar-refractivity contribution in [2.24, 2.45) is 0 Å². The number of aromatic amines is 1. The van der Waals surface area contributed by atoms with E-state index in [4.69, 9.17) is 4.74 Å². The van der Waals surface area contributed by atoms with Gasteiger partial charge in [0.2, 0.25) is 0 Å². The Morgan fingerprint density at radius 2 is 2.42 bits per heavy atom. The highest BCUT2D eigenvalue weighted by molar-refractivity contribution is 5.87. The summed E-state index contributed by atoms with van der Waals surface area (Å²) in [7, 11) is 1.40. The molecule has 19 heavy (non-hydrogen) atoms. The molecule has 2 N–H and O–H groups in total. The number of esters is 1. The molecule has 1 saturated heterocycles. The van der Waals surface area contributed by atoms with E-state index in [0.29, 0.717) is 6.54 Å². The van der Waals surface area contributed by atoms with Crippen LogP contribution in [0.3, 0.4) is 0 Å². The van der Waals surface area contributed by atoms with Crippen LogP contribution < -0.4 is 10.2 Å². The smallest absolute Gasteiger partial charge is 0.324 e. The van der Waals surface area contributed by atoms with E-state index >= 15 is 0 Å². The summed E-state index contributed by atoms with van der Waals surface area (Å²) >= 11 is 0. The lowest BCUT2D eigenvalue weighted by molar-refractivity contribution is -0.143. The fraction of sp³-hybridized carbons (Fsp3) is 0.417. The monoisotopic (exact) mass is 261 g/mol. The van der Waals surface area contributed by atoms with Gasteiger partial charge in [-0.25, -0.2) is 9.97 Å². The van der Waals surface area contributed by atoms with Gasteiger partial charge in [-0.05, 0) is 6.07 Å². The minimum atomic E-state index is -0.317. The standard InChI is InChI=1S/C12H15N5O2/c1-19-12(18)9-6-17(5-4-13-9)11-8-2-3-14-10(8)15-7-16-11/h2-3,7,9,13H,4-6H2,1H3,(H,14,15,16)/t9-/m0/s1. The minimum Gasteiger partial charge on any atom is -0.468 e. The average molecular weight is 261 g/mol. The van der Waals surface area contributed by atoms with Gasteiger partial charge in [0.25, 0.3) is 0 Å². The van der Waals surface area contributed by atoms with Crippen molar-refractivity contribution in [1.82, 2.24) is 20.3 Å². The molecule has 1 fully saturated rings. The van der Waals surface area contributed by atoms with E-state index in [2.05, 4.69) is 25.2 Å². The van der Waals surface area contributed by atoms with Gasteiger partial charge in [0.15, 0.2) is 0 Å². The fourth-order valence-electron chi connectivity index (χ4n) is 2.35. The summed E-state index contributed by atoms with van der Waals surface area (Å²) < 4.78 is 4.78. The molecule has 7 heteroatoms. The molecule has 0 aliphatic carbocycles. The summed E-state index contributed by atoms with van der Waals surface area (Å²) in [6, 6.07) is 1.63. The first-order valence-electron chi connectivity index (χ1n) is 6.14. The lowest BCUT2D eigenvalue weighted by Gasteiger charge is -2.33. The Labute approximate surface area is 110 Å². The van der Waals surface area contributed by atoms with Gasteiger partial charge in [0.1, 0.15) is 23.8 Å². The van der Waals surface area contributed by atoms with Gasteiger partial charge in [-0.15, -0.1) is 0 Å². The fourth-order valence-corrected chi connectivity index (χ4v) is 2.35. The van der Waals surface area contributed by atoms with Gasteiger partial charge >= 0.3 is 5.97 Å². The van der Waals surface area contributed by atoms with Crippen LogP contribution in [0.2, 0.25) is 0 Å². The van der Waals surface area contributed by atoms with Crippen LogP contribution in [0.15, 0.2) is 18.6 Å². The molecule has 100 valence electrons. The van der Waals surface area contributed by atoms with E-state index < -0.39 is 0 Å². The molecule has 3 rings (SSSR count). The first kappa shape index (κ1) is 11.9. The normalized spacial score (nSPS) is 19.6. The van der Waals surface area contributed by atoms with Crippen LogP contribution in [0, 0.1) is 0 Å². The Bertz CT molecular complexity index is 597. The number of fused-ring (bicyclic) bond motifs is 1.